The van der Waals surface area contributed by atoms with Gasteiger partial charge in [-0.1, -0.05) is 20.3 Å². The van der Waals surface area contributed by atoms with Gasteiger partial charge in [-0.15, -0.1) is 0 Å². The maximum Gasteiger partial charge on any atom is 0.225 e. The van der Waals surface area contributed by atoms with Gasteiger partial charge >= 0.3 is 0 Å². The lowest BCUT2D eigenvalue weighted by atomic mass is 10.0. The van der Waals surface area contributed by atoms with Gasteiger partial charge < -0.3 is 10.6 Å². The van der Waals surface area contributed by atoms with Gasteiger partial charge in [-0.2, -0.15) is 0 Å². The Bertz CT molecular complexity index is 295. The fourth-order valence-electron chi connectivity index (χ4n) is 2.57. The van der Waals surface area contributed by atoms with Crippen molar-refractivity contribution in [1.82, 2.24) is 4.90 Å². The van der Waals surface area contributed by atoms with Gasteiger partial charge in [0, 0.05) is 25.6 Å². The van der Waals surface area contributed by atoms with Crippen LogP contribution in [-0.2, 0) is 4.79 Å². The molecule has 1 amide bonds. The summed E-state index contributed by atoms with van der Waals surface area (Å²) >= 11 is 0. The number of aliphatic imine (C=N–C) groups is 1. The zero-order valence-electron chi connectivity index (χ0n) is 11.4. The molecule has 1 fully saturated rings. The predicted molar refractivity (Wildman–Crippen MR) is 70.9 cm³/mol. The SMILES string of the molecule is CC(N)=NCC1CCCC1N(C)C(=O)C(C)C. The van der Waals surface area contributed by atoms with Crippen molar-refractivity contribution in [3.8, 4) is 0 Å². The van der Waals surface area contributed by atoms with E-state index in [0.717, 1.165) is 19.4 Å². The molecule has 2 unspecified atom stereocenters. The molecule has 0 aromatic carbocycles. The summed E-state index contributed by atoms with van der Waals surface area (Å²) in [5.74, 6) is 1.41. The quantitative estimate of drug-likeness (QED) is 0.599. The molecule has 4 heteroatoms. The van der Waals surface area contributed by atoms with E-state index in [1.54, 1.807) is 0 Å². The number of carbonyl (C=O) groups is 1. The summed E-state index contributed by atoms with van der Waals surface area (Å²) in [5.41, 5.74) is 5.57. The highest BCUT2D eigenvalue weighted by Crippen LogP contribution is 2.30. The van der Waals surface area contributed by atoms with Crippen LogP contribution in [0.5, 0.6) is 0 Å². The molecule has 1 saturated carbocycles. The fraction of sp³-hybridized carbons (Fsp3) is 0.846. The molecule has 4 nitrogen and oxygen atoms in total. The molecular weight excluding hydrogens is 214 g/mol. The highest BCUT2D eigenvalue weighted by Gasteiger charge is 2.32. The highest BCUT2D eigenvalue weighted by molar-refractivity contribution is 5.78. The highest BCUT2D eigenvalue weighted by atomic mass is 16.2. The lowest BCUT2D eigenvalue weighted by Crippen LogP contribution is -2.42. The maximum absolute atomic E-state index is 12.0. The molecule has 0 spiro atoms. The van der Waals surface area contributed by atoms with Crippen LogP contribution < -0.4 is 5.73 Å². The number of nitrogens with two attached hydrogens (primary N) is 1. The van der Waals surface area contributed by atoms with Gasteiger partial charge in [0.15, 0.2) is 0 Å². The lowest BCUT2D eigenvalue weighted by molar-refractivity contribution is -0.135. The van der Waals surface area contributed by atoms with Crippen LogP contribution in [0.15, 0.2) is 4.99 Å². The minimum atomic E-state index is 0.0704. The summed E-state index contributed by atoms with van der Waals surface area (Å²) in [5, 5.41) is 0. The summed E-state index contributed by atoms with van der Waals surface area (Å²) < 4.78 is 0. The Morgan fingerprint density at radius 2 is 2.12 bits per heavy atom. The molecule has 0 aromatic heterocycles. The van der Waals surface area contributed by atoms with E-state index in [9.17, 15) is 4.79 Å². The number of nitrogens with zero attached hydrogens (tertiary/aromatic N) is 2. The molecule has 98 valence electrons. The Hall–Kier alpha value is -1.06. The molecule has 2 atom stereocenters. The van der Waals surface area contributed by atoms with Gasteiger partial charge in [-0.3, -0.25) is 9.79 Å². The Morgan fingerprint density at radius 3 is 2.65 bits per heavy atom. The average molecular weight is 239 g/mol. The van der Waals surface area contributed by atoms with Crippen LogP contribution >= 0.6 is 0 Å². The predicted octanol–water partition coefficient (Wildman–Crippen LogP) is 1.65. The van der Waals surface area contributed by atoms with E-state index in [0.29, 0.717) is 17.8 Å². The standard InChI is InChI=1S/C13H25N3O/c1-9(2)13(17)16(4)12-7-5-6-11(12)8-15-10(3)14/h9,11-12H,5-8H2,1-4H3,(H2,14,15). The van der Waals surface area contributed by atoms with E-state index in [-0.39, 0.29) is 11.8 Å². The molecule has 0 heterocycles. The van der Waals surface area contributed by atoms with Crippen LogP contribution in [0.3, 0.4) is 0 Å². The van der Waals surface area contributed by atoms with Crippen molar-refractivity contribution in [1.29, 1.82) is 0 Å². The van der Waals surface area contributed by atoms with Crippen LogP contribution in [0.1, 0.15) is 40.0 Å². The van der Waals surface area contributed by atoms with Crippen molar-refractivity contribution in [2.75, 3.05) is 13.6 Å². The summed E-state index contributed by atoms with van der Waals surface area (Å²) in [6, 6.07) is 0.341. The Balaban J connectivity index is 2.62. The van der Waals surface area contributed by atoms with Gasteiger partial charge in [0.25, 0.3) is 0 Å². The monoisotopic (exact) mass is 239 g/mol. The van der Waals surface area contributed by atoms with Gasteiger partial charge in [-0.25, -0.2) is 0 Å². The van der Waals surface area contributed by atoms with E-state index in [2.05, 4.69) is 4.99 Å². The molecule has 2 N–H and O–H groups in total. The second kappa shape index (κ2) is 6.03. The van der Waals surface area contributed by atoms with Crippen LogP contribution in [0, 0.1) is 11.8 Å². The smallest absolute Gasteiger partial charge is 0.225 e. The molecule has 0 radical (unpaired) electrons. The number of hydrogen-bond donors (Lipinski definition) is 1. The lowest BCUT2D eigenvalue weighted by Gasteiger charge is -2.30. The summed E-state index contributed by atoms with van der Waals surface area (Å²) in [4.78, 5) is 18.2. The first-order chi connectivity index (χ1) is 7.93. The van der Waals surface area contributed by atoms with Crippen LogP contribution in [0.2, 0.25) is 0 Å². The second-order valence-electron chi connectivity index (χ2n) is 5.34. The van der Waals surface area contributed by atoms with Crippen LogP contribution in [0.25, 0.3) is 0 Å². The van der Waals surface area contributed by atoms with E-state index in [4.69, 9.17) is 5.73 Å². The number of carbonyl (C=O) groups excluding carboxylic acids is 1. The van der Waals surface area contributed by atoms with Crippen molar-refractivity contribution in [2.24, 2.45) is 22.6 Å². The molecule has 17 heavy (non-hydrogen) atoms. The number of amides is 1. The van der Waals surface area contributed by atoms with E-state index < -0.39 is 0 Å². The molecular formula is C13H25N3O. The van der Waals surface area contributed by atoms with Gasteiger partial charge in [-0.05, 0) is 25.7 Å². The van der Waals surface area contributed by atoms with E-state index in [1.807, 2.05) is 32.7 Å². The summed E-state index contributed by atoms with van der Waals surface area (Å²) in [7, 11) is 1.92. The Kier molecular flexibility index (Phi) is 4.97. The van der Waals surface area contributed by atoms with Crippen molar-refractivity contribution in [2.45, 2.75) is 46.1 Å². The average Bonchev–Trinajstić information content (AvgIpc) is 2.72. The Labute approximate surface area is 104 Å². The van der Waals surface area contributed by atoms with Crippen LogP contribution in [-0.4, -0.2) is 36.3 Å². The number of hydrogen-bond acceptors (Lipinski definition) is 2. The normalized spacial score (nSPS) is 25.4. The third-order valence-electron chi connectivity index (χ3n) is 3.53. The van der Waals surface area contributed by atoms with Gasteiger partial charge in [0.1, 0.15) is 0 Å². The van der Waals surface area contributed by atoms with Crippen molar-refractivity contribution < 1.29 is 4.79 Å². The maximum atomic E-state index is 12.0. The molecule has 0 bridgehead atoms. The van der Waals surface area contributed by atoms with Crippen molar-refractivity contribution in [3.05, 3.63) is 0 Å². The van der Waals surface area contributed by atoms with Crippen molar-refractivity contribution >= 4 is 11.7 Å². The zero-order chi connectivity index (χ0) is 13.0. The molecule has 1 aliphatic rings. The van der Waals surface area contributed by atoms with Crippen molar-refractivity contribution in [3.63, 3.8) is 0 Å². The first-order valence-electron chi connectivity index (χ1n) is 6.46. The first-order valence-corrected chi connectivity index (χ1v) is 6.46. The largest absolute Gasteiger partial charge is 0.388 e. The minimum absolute atomic E-state index is 0.0704. The third-order valence-corrected chi connectivity index (χ3v) is 3.53. The molecule has 0 aromatic rings. The van der Waals surface area contributed by atoms with Gasteiger partial charge in [0.2, 0.25) is 5.91 Å². The third kappa shape index (κ3) is 3.72. The Morgan fingerprint density at radius 1 is 1.47 bits per heavy atom. The molecule has 0 aliphatic heterocycles. The number of amidine groups is 1. The second-order valence-corrected chi connectivity index (χ2v) is 5.34. The van der Waals surface area contributed by atoms with E-state index >= 15 is 0 Å². The zero-order valence-corrected chi connectivity index (χ0v) is 11.4. The fourth-order valence-corrected chi connectivity index (χ4v) is 2.57. The van der Waals surface area contributed by atoms with Crippen LogP contribution in [0.4, 0.5) is 0 Å². The molecule has 0 saturated heterocycles. The number of rotatable bonds is 4. The summed E-state index contributed by atoms with van der Waals surface area (Å²) in [6.45, 7) is 6.46. The topological polar surface area (TPSA) is 58.7 Å². The minimum Gasteiger partial charge on any atom is -0.388 e. The molecule has 1 rings (SSSR count). The molecule has 1 aliphatic carbocycles. The van der Waals surface area contributed by atoms with Gasteiger partial charge in [0.05, 0.1) is 5.84 Å². The first kappa shape index (κ1) is 14.0. The summed E-state index contributed by atoms with van der Waals surface area (Å²) in [6.07, 6.45) is 3.43. The van der Waals surface area contributed by atoms with E-state index in [1.165, 1.54) is 6.42 Å².